The van der Waals surface area contributed by atoms with Gasteiger partial charge < -0.3 is 10.3 Å². The van der Waals surface area contributed by atoms with Gasteiger partial charge in [-0.05, 0) is 98.5 Å². The molecule has 1 aromatic heterocycles. The van der Waals surface area contributed by atoms with Crippen LogP contribution in [0.5, 0.6) is 0 Å². The fraction of sp³-hybridized carbons (Fsp3) is 0.407. The van der Waals surface area contributed by atoms with E-state index in [9.17, 15) is 9.18 Å². The first-order valence-corrected chi connectivity index (χ1v) is 11.9. The highest BCUT2D eigenvalue weighted by Gasteiger charge is 2.24. The molecular formula is C27H29FN4O. The van der Waals surface area contributed by atoms with Crippen LogP contribution in [0.4, 0.5) is 4.39 Å². The predicted molar refractivity (Wildman–Crippen MR) is 126 cm³/mol. The molecule has 0 bridgehead atoms. The number of fused-ring (bicyclic) bond motifs is 2. The van der Waals surface area contributed by atoms with Crippen LogP contribution in [0.3, 0.4) is 0 Å². The first kappa shape index (κ1) is 21.7. The molecule has 0 unspecified atom stereocenters. The summed E-state index contributed by atoms with van der Waals surface area (Å²) in [6.07, 6.45) is 6.50. The van der Waals surface area contributed by atoms with E-state index in [-0.39, 0.29) is 17.8 Å². The van der Waals surface area contributed by atoms with Crippen molar-refractivity contribution < 1.29 is 9.18 Å². The van der Waals surface area contributed by atoms with Crippen molar-refractivity contribution in [1.82, 2.24) is 15.2 Å². The molecule has 3 aromatic rings. The average Bonchev–Trinajstić information content (AvgIpc) is 3.26. The van der Waals surface area contributed by atoms with Gasteiger partial charge >= 0.3 is 0 Å². The zero-order valence-corrected chi connectivity index (χ0v) is 18.7. The van der Waals surface area contributed by atoms with Gasteiger partial charge in [0, 0.05) is 30.0 Å². The summed E-state index contributed by atoms with van der Waals surface area (Å²) in [6.45, 7) is 3.10. The second kappa shape index (κ2) is 9.36. The molecule has 1 aliphatic carbocycles. The predicted octanol–water partition coefficient (Wildman–Crippen LogP) is 4.92. The highest BCUT2D eigenvalue weighted by Crippen LogP contribution is 2.29. The van der Waals surface area contributed by atoms with Gasteiger partial charge in [-0.3, -0.25) is 9.69 Å². The van der Waals surface area contributed by atoms with Crippen molar-refractivity contribution in [3.63, 3.8) is 0 Å². The van der Waals surface area contributed by atoms with Crippen LogP contribution in [-0.4, -0.2) is 34.9 Å². The smallest absolute Gasteiger partial charge is 0.267 e. The first-order valence-electron chi connectivity index (χ1n) is 11.9. The quantitative estimate of drug-likeness (QED) is 0.587. The zero-order chi connectivity index (χ0) is 22.8. The molecule has 1 fully saturated rings. The van der Waals surface area contributed by atoms with Crippen LogP contribution in [0, 0.1) is 23.1 Å². The minimum Gasteiger partial charge on any atom is -0.351 e. The summed E-state index contributed by atoms with van der Waals surface area (Å²) in [5.74, 6) is 0.285. The lowest BCUT2D eigenvalue weighted by Gasteiger charge is -2.33. The number of nitriles is 1. The van der Waals surface area contributed by atoms with Gasteiger partial charge in [-0.1, -0.05) is 6.07 Å². The number of carbonyl (C=O) groups excluding carboxylic acids is 1. The average molecular weight is 445 g/mol. The number of aromatic nitrogens is 1. The summed E-state index contributed by atoms with van der Waals surface area (Å²) in [6, 6.07) is 14.7. The van der Waals surface area contributed by atoms with E-state index in [1.807, 2.05) is 12.1 Å². The van der Waals surface area contributed by atoms with E-state index in [4.69, 9.17) is 5.26 Å². The molecule has 6 heteroatoms. The van der Waals surface area contributed by atoms with E-state index in [1.165, 1.54) is 29.7 Å². The zero-order valence-electron chi connectivity index (χ0n) is 18.7. The van der Waals surface area contributed by atoms with E-state index in [2.05, 4.69) is 27.3 Å². The number of amides is 1. The highest BCUT2D eigenvalue weighted by atomic mass is 19.1. The SMILES string of the molecule is N#Cc1ccc2c(c1)CN(CCC1CCC(NC(=O)c3cc4cc(F)ccc4[nH]3)CC1)CC2. The molecule has 0 spiro atoms. The fourth-order valence-corrected chi connectivity index (χ4v) is 5.33. The number of nitrogens with one attached hydrogen (secondary N) is 2. The summed E-state index contributed by atoms with van der Waals surface area (Å²) < 4.78 is 13.4. The molecule has 2 aliphatic rings. The van der Waals surface area contributed by atoms with Crippen LogP contribution in [0.15, 0.2) is 42.5 Å². The van der Waals surface area contributed by atoms with E-state index in [0.29, 0.717) is 17.0 Å². The Morgan fingerprint density at radius 1 is 1.12 bits per heavy atom. The molecular weight excluding hydrogens is 415 g/mol. The van der Waals surface area contributed by atoms with Crippen molar-refractivity contribution in [2.45, 2.75) is 51.1 Å². The summed E-state index contributed by atoms with van der Waals surface area (Å²) in [5.41, 5.74) is 4.68. The number of hydrogen-bond acceptors (Lipinski definition) is 3. The molecule has 1 aliphatic heterocycles. The van der Waals surface area contributed by atoms with Gasteiger partial charge in [0.05, 0.1) is 11.6 Å². The van der Waals surface area contributed by atoms with Gasteiger partial charge in [0.25, 0.3) is 5.91 Å². The first-order chi connectivity index (χ1) is 16.1. The van der Waals surface area contributed by atoms with E-state index < -0.39 is 0 Å². The maximum Gasteiger partial charge on any atom is 0.267 e. The topological polar surface area (TPSA) is 71.9 Å². The summed E-state index contributed by atoms with van der Waals surface area (Å²) in [4.78, 5) is 18.3. The van der Waals surface area contributed by atoms with Crippen molar-refractivity contribution in [2.75, 3.05) is 13.1 Å². The Labute approximate surface area is 193 Å². The van der Waals surface area contributed by atoms with Crippen molar-refractivity contribution in [3.8, 4) is 6.07 Å². The van der Waals surface area contributed by atoms with Crippen molar-refractivity contribution in [1.29, 1.82) is 5.26 Å². The molecule has 5 nitrogen and oxygen atoms in total. The number of halogens is 1. The third-order valence-electron chi connectivity index (χ3n) is 7.29. The number of H-pyrrole nitrogens is 1. The lowest BCUT2D eigenvalue weighted by Crippen LogP contribution is -2.38. The Hall–Kier alpha value is -3.17. The Morgan fingerprint density at radius 3 is 2.79 bits per heavy atom. The summed E-state index contributed by atoms with van der Waals surface area (Å²) in [7, 11) is 0. The minimum atomic E-state index is -0.299. The van der Waals surface area contributed by atoms with Crippen LogP contribution in [0.2, 0.25) is 0 Å². The number of aromatic amines is 1. The second-order valence-corrected chi connectivity index (χ2v) is 9.52. The number of nitrogens with zero attached hydrogens (tertiary/aromatic N) is 2. The van der Waals surface area contributed by atoms with Crippen molar-refractivity contribution in [3.05, 3.63) is 70.7 Å². The van der Waals surface area contributed by atoms with Gasteiger partial charge in [-0.2, -0.15) is 5.26 Å². The lowest BCUT2D eigenvalue weighted by molar-refractivity contribution is 0.0915. The highest BCUT2D eigenvalue weighted by molar-refractivity contribution is 5.98. The van der Waals surface area contributed by atoms with E-state index in [1.54, 1.807) is 12.1 Å². The molecule has 170 valence electrons. The normalized spacial score (nSPS) is 20.8. The second-order valence-electron chi connectivity index (χ2n) is 9.52. The Balaban J connectivity index is 1.08. The van der Waals surface area contributed by atoms with Crippen molar-refractivity contribution in [2.24, 2.45) is 5.92 Å². The van der Waals surface area contributed by atoms with Crippen LogP contribution in [-0.2, 0) is 13.0 Å². The minimum absolute atomic E-state index is 0.112. The molecule has 0 saturated heterocycles. The fourth-order valence-electron chi connectivity index (χ4n) is 5.33. The van der Waals surface area contributed by atoms with Crippen LogP contribution in [0.1, 0.15) is 59.3 Å². The van der Waals surface area contributed by atoms with Gasteiger partial charge in [-0.15, -0.1) is 0 Å². The number of carbonyl (C=O) groups is 1. The van der Waals surface area contributed by atoms with Crippen LogP contribution >= 0.6 is 0 Å². The maximum absolute atomic E-state index is 13.4. The van der Waals surface area contributed by atoms with Gasteiger partial charge in [0.15, 0.2) is 0 Å². The Morgan fingerprint density at radius 2 is 1.97 bits per heavy atom. The largest absolute Gasteiger partial charge is 0.351 e. The number of rotatable bonds is 5. The third kappa shape index (κ3) is 4.94. The molecule has 0 atom stereocenters. The van der Waals surface area contributed by atoms with Gasteiger partial charge in [-0.25, -0.2) is 4.39 Å². The Kier molecular flexibility index (Phi) is 6.15. The van der Waals surface area contributed by atoms with Gasteiger partial charge in [0.1, 0.15) is 11.5 Å². The summed E-state index contributed by atoms with van der Waals surface area (Å²) in [5, 5.41) is 13.0. The third-order valence-corrected chi connectivity index (χ3v) is 7.29. The standard InChI is InChI=1S/C27H29FN4O/c28-23-5-8-25-21(14-23)15-26(31-25)27(33)30-24-6-2-18(3-7-24)9-11-32-12-10-20-4-1-19(16-29)13-22(20)17-32/h1,4-5,8,13-15,18,24,31H,2-3,6-7,9-12,17H2,(H,30,33). The summed E-state index contributed by atoms with van der Waals surface area (Å²) >= 11 is 0. The molecule has 2 heterocycles. The molecule has 2 aromatic carbocycles. The molecule has 2 N–H and O–H groups in total. The molecule has 33 heavy (non-hydrogen) atoms. The Bertz CT molecular complexity index is 1200. The molecule has 1 saturated carbocycles. The lowest BCUT2D eigenvalue weighted by atomic mass is 9.84. The number of benzene rings is 2. The maximum atomic E-state index is 13.4. The number of hydrogen-bond donors (Lipinski definition) is 2. The molecule has 0 radical (unpaired) electrons. The monoisotopic (exact) mass is 444 g/mol. The van der Waals surface area contributed by atoms with Crippen LogP contribution < -0.4 is 5.32 Å². The van der Waals surface area contributed by atoms with Crippen LogP contribution in [0.25, 0.3) is 10.9 Å². The van der Waals surface area contributed by atoms with Gasteiger partial charge in [0.2, 0.25) is 0 Å². The molecule has 5 rings (SSSR count). The molecule has 1 amide bonds. The van der Waals surface area contributed by atoms with Crippen molar-refractivity contribution >= 4 is 16.8 Å². The van der Waals surface area contributed by atoms with E-state index in [0.717, 1.165) is 62.8 Å². The van der Waals surface area contributed by atoms with E-state index >= 15 is 0 Å².